The summed E-state index contributed by atoms with van der Waals surface area (Å²) in [6.45, 7) is 1.23. The highest BCUT2D eigenvalue weighted by Gasteiger charge is 2.30. The van der Waals surface area contributed by atoms with Crippen molar-refractivity contribution in [1.29, 1.82) is 0 Å². The maximum atomic E-state index is 12.5. The molecule has 0 unspecified atom stereocenters. The number of piperidine rings is 1. The van der Waals surface area contributed by atoms with Crippen LogP contribution < -0.4 is 20.1 Å². The summed E-state index contributed by atoms with van der Waals surface area (Å²) in [6, 6.07) is 5.66. The Morgan fingerprint density at radius 3 is 2.32 bits per heavy atom. The van der Waals surface area contributed by atoms with Crippen LogP contribution in [-0.4, -0.2) is 50.2 Å². The molecule has 1 aromatic rings. The largest absolute Gasteiger partial charge is 0.493 e. The third-order valence-corrected chi connectivity index (χ3v) is 4.71. The maximum absolute atomic E-state index is 12.5. The van der Waals surface area contributed by atoms with Crippen LogP contribution in [0.25, 0.3) is 0 Å². The summed E-state index contributed by atoms with van der Waals surface area (Å²) in [5.74, 6) is 1.09. The zero-order chi connectivity index (χ0) is 17.8. The fourth-order valence-corrected chi connectivity index (χ4v) is 3.00. The van der Waals surface area contributed by atoms with E-state index in [1.165, 1.54) is 0 Å². The summed E-state index contributed by atoms with van der Waals surface area (Å²) >= 11 is 0. The highest BCUT2D eigenvalue weighted by atomic mass is 16.5. The monoisotopic (exact) mass is 347 g/mol. The van der Waals surface area contributed by atoms with Gasteiger partial charge in [-0.2, -0.15) is 0 Å². The molecule has 136 valence electrons. The van der Waals surface area contributed by atoms with Gasteiger partial charge in [0.05, 0.1) is 14.2 Å². The molecule has 1 heterocycles. The Kier molecular flexibility index (Phi) is 5.31. The van der Waals surface area contributed by atoms with Crippen LogP contribution in [0.4, 0.5) is 10.5 Å². The van der Waals surface area contributed by atoms with Gasteiger partial charge in [0.1, 0.15) is 0 Å². The van der Waals surface area contributed by atoms with Crippen molar-refractivity contribution in [1.82, 2.24) is 10.2 Å². The van der Waals surface area contributed by atoms with Crippen LogP contribution in [-0.2, 0) is 4.79 Å². The molecule has 2 fully saturated rings. The van der Waals surface area contributed by atoms with Gasteiger partial charge in [-0.25, -0.2) is 4.79 Å². The minimum absolute atomic E-state index is 0.00116. The standard InChI is InChI=1S/C18H25N3O4/c1-24-15-6-5-14(11-16(15)25-2)19-17(22)12-7-9-21(10-8-12)18(23)20-13-3-4-13/h5-6,11-13H,3-4,7-10H2,1-2H3,(H,19,22)(H,20,23). The molecular weight excluding hydrogens is 322 g/mol. The molecule has 0 spiro atoms. The fraction of sp³-hybridized carbons (Fsp3) is 0.556. The van der Waals surface area contributed by atoms with E-state index in [9.17, 15) is 9.59 Å². The second kappa shape index (κ2) is 7.63. The summed E-state index contributed by atoms with van der Waals surface area (Å²) in [4.78, 5) is 26.3. The molecule has 2 aliphatic rings. The minimum Gasteiger partial charge on any atom is -0.493 e. The third-order valence-electron chi connectivity index (χ3n) is 4.71. The SMILES string of the molecule is COc1ccc(NC(=O)C2CCN(C(=O)NC3CC3)CC2)cc1OC. The van der Waals surface area contributed by atoms with Crippen LogP contribution in [0.5, 0.6) is 11.5 Å². The number of hydrogen-bond acceptors (Lipinski definition) is 4. The van der Waals surface area contributed by atoms with E-state index in [0.29, 0.717) is 49.2 Å². The lowest BCUT2D eigenvalue weighted by Crippen LogP contribution is -2.46. The third kappa shape index (κ3) is 4.35. The number of carbonyl (C=O) groups excluding carboxylic acids is 2. The average molecular weight is 347 g/mol. The molecule has 0 radical (unpaired) electrons. The summed E-state index contributed by atoms with van der Waals surface area (Å²) in [6.07, 6.45) is 3.51. The lowest BCUT2D eigenvalue weighted by molar-refractivity contribution is -0.121. The Morgan fingerprint density at radius 2 is 1.72 bits per heavy atom. The highest BCUT2D eigenvalue weighted by molar-refractivity contribution is 5.93. The van der Waals surface area contributed by atoms with E-state index >= 15 is 0 Å². The van der Waals surface area contributed by atoms with E-state index in [-0.39, 0.29) is 17.9 Å². The summed E-state index contributed by atoms with van der Waals surface area (Å²) < 4.78 is 10.5. The maximum Gasteiger partial charge on any atom is 0.317 e. The molecule has 25 heavy (non-hydrogen) atoms. The lowest BCUT2D eigenvalue weighted by Gasteiger charge is -2.31. The van der Waals surface area contributed by atoms with Crippen LogP contribution in [0.15, 0.2) is 18.2 Å². The molecule has 1 aliphatic heterocycles. The van der Waals surface area contributed by atoms with Crippen molar-refractivity contribution in [3.05, 3.63) is 18.2 Å². The Bertz CT molecular complexity index is 637. The van der Waals surface area contributed by atoms with Gasteiger partial charge < -0.3 is 25.0 Å². The number of ether oxygens (including phenoxy) is 2. The van der Waals surface area contributed by atoms with E-state index in [2.05, 4.69) is 10.6 Å². The molecule has 7 heteroatoms. The minimum atomic E-state index is -0.0851. The number of anilines is 1. The molecule has 1 aliphatic carbocycles. The molecular formula is C18H25N3O4. The quantitative estimate of drug-likeness (QED) is 0.856. The van der Waals surface area contributed by atoms with E-state index in [4.69, 9.17) is 9.47 Å². The van der Waals surface area contributed by atoms with Gasteiger partial charge in [0.25, 0.3) is 0 Å². The first-order chi connectivity index (χ1) is 12.1. The smallest absolute Gasteiger partial charge is 0.317 e. The first-order valence-electron chi connectivity index (χ1n) is 8.69. The molecule has 3 rings (SSSR count). The lowest BCUT2D eigenvalue weighted by atomic mass is 9.96. The molecule has 1 saturated carbocycles. The molecule has 1 aromatic carbocycles. The molecule has 0 aromatic heterocycles. The molecule has 1 saturated heterocycles. The van der Waals surface area contributed by atoms with Crippen LogP contribution in [0, 0.1) is 5.92 Å². The highest BCUT2D eigenvalue weighted by Crippen LogP contribution is 2.30. The van der Waals surface area contributed by atoms with E-state index in [0.717, 1.165) is 12.8 Å². The number of benzene rings is 1. The number of likely N-dealkylation sites (tertiary alicyclic amines) is 1. The Labute approximate surface area is 147 Å². The Morgan fingerprint density at radius 1 is 1.04 bits per heavy atom. The van der Waals surface area contributed by atoms with Gasteiger partial charge >= 0.3 is 6.03 Å². The van der Waals surface area contributed by atoms with Crippen molar-refractivity contribution in [2.75, 3.05) is 32.6 Å². The first-order valence-corrected chi connectivity index (χ1v) is 8.69. The van der Waals surface area contributed by atoms with E-state index in [1.807, 2.05) is 0 Å². The number of nitrogens with zero attached hydrogens (tertiary/aromatic N) is 1. The zero-order valence-electron chi connectivity index (χ0n) is 14.7. The van der Waals surface area contributed by atoms with E-state index < -0.39 is 0 Å². The van der Waals surface area contributed by atoms with Gasteiger partial charge in [0, 0.05) is 36.8 Å². The van der Waals surface area contributed by atoms with Gasteiger partial charge in [-0.1, -0.05) is 0 Å². The number of urea groups is 1. The molecule has 3 amide bonds. The fourth-order valence-electron chi connectivity index (χ4n) is 3.00. The Hall–Kier alpha value is -2.44. The second-order valence-corrected chi connectivity index (χ2v) is 6.54. The summed E-state index contributed by atoms with van der Waals surface area (Å²) in [5.41, 5.74) is 0.677. The number of amides is 3. The van der Waals surface area contributed by atoms with Crippen molar-refractivity contribution in [3.8, 4) is 11.5 Å². The van der Waals surface area contributed by atoms with Crippen LogP contribution in [0.1, 0.15) is 25.7 Å². The van der Waals surface area contributed by atoms with Crippen molar-refractivity contribution >= 4 is 17.6 Å². The van der Waals surface area contributed by atoms with Crippen LogP contribution >= 0.6 is 0 Å². The van der Waals surface area contributed by atoms with Gasteiger partial charge in [0.15, 0.2) is 11.5 Å². The van der Waals surface area contributed by atoms with E-state index in [1.54, 1.807) is 37.3 Å². The predicted octanol–water partition coefficient (Wildman–Crippen LogP) is 2.23. The van der Waals surface area contributed by atoms with Gasteiger partial charge in [-0.15, -0.1) is 0 Å². The van der Waals surface area contributed by atoms with Gasteiger partial charge in [-0.3, -0.25) is 4.79 Å². The molecule has 0 bridgehead atoms. The molecule has 2 N–H and O–H groups in total. The predicted molar refractivity (Wildman–Crippen MR) is 94.0 cm³/mol. The Balaban J connectivity index is 1.51. The molecule has 7 nitrogen and oxygen atoms in total. The van der Waals surface area contributed by atoms with Crippen LogP contribution in [0.3, 0.4) is 0 Å². The molecule has 0 atom stereocenters. The van der Waals surface area contributed by atoms with Crippen molar-refractivity contribution in [3.63, 3.8) is 0 Å². The average Bonchev–Trinajstić information content (AvgIpc) is 3.45. The normalized spacial score (nSPS) is 17.8. The van der Waals surface area contributed by atoms with Gasteiger partial charge in [-0.05, 0) is 37.8 Å². The first kappa shape index (κ1) is 17.4. The topological polar surface area (TPSA) is 79.9 Å². The number of rotatable bonds is 5. The zero-order valence-corrected chi connectivity index (χ0v) is 14.7. The van der Waals surface area contributed by atoms with Crippen molar-refractivity contribution < 1.29 is 19.1 Å². The van der Waals surface area contributed by atoms with Crippen molar-refractivity contribution in [2.24, 2.45) is 5.92 Å². The van der Waals surface area contributed by atoms with Crippen LogP contribution in [0.2, 0.25) is 0 Å². The number of carbonyl (C=O) groups is 2. The van der Waals surface area contributed by atoms with Crippen molar-refractivity contribution in [2.45, 2.75) is 31.7 Å². The summed E-state index contributed by atoms with van der Waals surface area (Å²) in [5, 5.41) is 5.92. The number of hydrogen-bond donors (Lipinski definition) is 2. The second-order valence-electron chi connectivity index (χ2n) is 6.54. The number of methoxy groups -OCH3 is 2. The van der Waals surface area contributed by atoms with Gasteiger partial charge in [0.2, 0.25) is 5.91 Å². The summed E-state index contributed by atoms with van der Waals surface area (Å²) in [7, 11) is 3.13. The number of nitrogens with one attached hydrogen (secondary N) is 2.